The number of benzene rings is 2. The molecule has 0 spiro atoms. The Kier molecular flexibility index (Phi) is 4.88. The van der Waals surface area contributed by atoms with Gasteiger partial charge in [0, 0.05) is 24.3 Å². The van der Waals surface area contributed by atoms with Gasteiger partial charge in [0.15, 0.2) is 0 Å². The zero-order valence-corrected chi connectivity index (χ0v) is 15.3. The topological polar surface area (TPSA) is 46.9 Å². The fourth-order valence-corrected chi connectivity index (χ4v) is 3.33. The molecule has 0 aliphatic carbocycles. The Morgan fingerprint density at radius 2 is 1.88 bits per heavy atom. The smallest absolute Gasteiger partial charge is 0.224 e. The minimum absolute atomic E-state index is 0.0486. The monoisotopic (exact) mass is 335 g/mol. The first-order chi connectivity index (χ1) is 11.9. The zero-order chi connectivity index (χ0) is 18.0. The normalized spacial score (nSPS) is 12.3. The molecule has 4 heteroatoms. The van der Waals surface area contributed by atoms with E-state index in [1.807, 2.05) is 31.6 Å². The number of fused-ring (bicyclic) bond motifs is 1. The molecule has 2 aromatic carbocycles. The highest BCUT2D eigenvalue weighted by Gasteiger charge is 2.15. The molecule has 1 N–H and O–H groups in total. The van der Waals surface area contributed by atoms with Crippen LogP contribution in [0.5, 0.6) is 0 Å². The van der Waals surface area contributed by atoms with Crippen LogP contribution in [0.1, 0.15) is 29.4 Å². The lowest BCUT2D eigenvalue weighted by Gasteiger charge is -2.15. The fourth-order valence-electron chi connectivity index (χ4n) is 3.33. The van der Waals surface area contributed by atoms with Crippen molar-refractivity contribution in [1.82, 2.24) is 15.1 Å². The van der Waals surface area contributed by atoms with Crippen molar-refractivity contribution in [3.8, 4) is 0 Å². The lowest BCUT2D eigenvalue weighted by atomic mass is 10.0. The van der Waals surface area contributed by atoms with Crippen molar-refractivity contribution in [2.75, 3.05) is 0 Å². The van der Waals surface area contributed by atoms with Crippen LogP contribution in [0.2, 0.25) is 0 Å². The molecule has 0 unspecified atom stereocenters. The second kappa shape index (κ2) is 7.09. The molecule has 0 fully saturated rings. The lowest BCUT2D eigenvalue weighted by molar-refractivity contribution is -0.121. The number of nitrogens with zero attached hydrogens (tertiary/aromatic N) is 2. The van der Waals surface area contributed by atoms with Crippen molar-refractivity contribution in [1.29, 1.82) is 0 Å². The van der Waals surface area contributed by atoms with Crippen molar-refractivity contribution >= 4 is 16.7 Å². The molecule has 25 heavy (non-hydrogen) atoms. The molecule has 130 valence electrons. The van der Waals surface area contributed by atoms with E-state index < -0.39 is 0 Å². The van der Waals surface area contributed by atoms with Gasteiger partial charge in [0.05, 0.1) is 12.1 Å². The van der Waals surface area contributed by atoms with Gasteiger partial charge in [0.1, 0.15) is 0 Å². The van der Waals surface area contributed by atoms with Gasteiger partial charge in [-0.15, -0.1) is 0 Å². The first-order valence-corrected chi connectivity index (χ1v) is 8.70. The molecule has 3 rings (SSSR count). The third-order valence-corrected chi connectivity index (χ3v) is 4.76. The summed E-state index contributed by atoms with van der Waals surface area (Å²) in [6.45, 7) is 6.01. The summed E-state index contributed by atoms with van der Waals surface area (Å²) in [4.78, 5) is 12.4. The highest BCUT2D eigenvalue weighted by Crippen LogP contribution is 2.17. The quantitative estimate of drug-likeness (QED) is 0.776. The average molecular weight is 335 g/mol. The summed E-state index contributed by atoms with van der Waals surface area (Å²) in [6.07, 6.45) is 1.20. The fraction of sp³-hybridized carbons (Fsp3) is 0.333. The van der Waals surface area contributed by atoms with Crippen LogP contribution in [-0.2, 0) is 24.7 Å². The summed E-state index contributed by atoms with van der Waals surface area (Å²) in [5.41, 5.74) is 4.24. The molecular formula is C21H25N3O. The first-order valence-electron chi connectivity index (χ1n) is 8.70. The van der Waals surface area contributed by atoms with Gasteiger partial charge in [-0.3, -0.25) is 9.48 Å². The Labute approximate surface area is 148 Å². The number of aryl methyl sites for hydroxylation is 2. The van der Waals surface area contributed by atoms with Crippen molar-refractivity contribution in [3.05, 3.63) is 65.0 Å². The van der Waals surface area contributed by atoms with Crippen molar-refractivity contribution < 1.29 is 4.79 Å². The average Bonchev–Trinajstić information content (AvgIpc) is 2.81. The Morgan fingerprint density at radius 1 is 1.16 bits per heavy atom. The van der Waals surface area contributed by atoms with E-state index in [0.717, 1.165) is 23.4 Å². The van der Waals surface area contributed by atoms with Crippen LogP contribution in [0, 0.1) is 13.8 Å². The Bertz CT molecular complexity index is 911. The number of nitrogens with one attached hydrogen (secondary N) is 1. The highest BCUT2D eigenvalue weighted by atomic mass is 16.1. The Balaban J connectivity index is 1.63. The maximum Gasteiger partial charge on any atom is 0.224 e. The van der Waals surface area contributed by atoms with E-state index in [0.29, 0.717) is 6.42 Å². The predicted molar refractivity (Wildman–Crippen MR) is 102 cm³/mol. The minimum Gasteiger partial charge on any atom is -0.353 e. The van der Waals surface area contributed by atoms with Gasteiger partial charge >= 0.3 is 0 Å². The summed E-state index contributed by atoms with van der Waals surface area (Å²) in [5, 5.41) is 9.97. The molecule has 0 aliphatic rings. The van der Waals surface area contributed by atoms with Gasteiger partial charge in [0.25, 0.3) is 0 Å². The largest absolute Gasteiger partial charge is 0.353 e. The molecule has 4 nitrogen and oxygen atoms in total. The van der Waals surface area contributed by atoms with Gasteiger partial charge in [-0.2, -0.15) is 5.10 Å². The molecule has 0 saturated carbocycles. The number of rotatable bonds is 5. The lowest BCUT2D eigenvalue weighted by Crippen LogP contribution is -2.35. The molecule has 0 bridgehead atoms. The summed E-state index contributed by atoms with van der Waals surface area (Å²) in [5.74, 6) is 0.0486. The minimum atomic E-state index is 0.0486. The van der Waals surface area contributed by atoms with Crippen LogP contribution in [-0.4, -0.2) is 21.7 Å². The van der Waals surface area contributed by atoms with E-state index in [1.54, 1.807) is 0 Å². The van der Waals surface area contributed by atoms with Gasteiger partial charge in [0.2, 0.25) is 5.91 Å². The second-order valence-electron chi connectivity index (χ2n) is 6.80. The zero-order valence-electron chi connectivity index (χ0n) is 15.3. The van der Waals surface area contributed by atoms with Crippen LogP contribution in [0.15, 0.2) is 42.5 Å². The Hall–Kier alpha value is -2.62. The van der Waals surface area contributed by atoms with Crippen molar-refractivity contribution in [2.45, 2.75) is 39.7 Å². The van der Waals surface area contributed by atoms with Gasteiger partial charge in [-0.05, 0) is 43.5 Å². The summed E-state index contributed by atoms with van der Waals surface area (Å²) in [7, 11) is 1.91. The molecule has 0 radical (unpaired) electrons. The maximum absolute atomic E-state index is 12.4. The van der Waals surface area contributed by atoms with Crippen LogP contribution in [0.4, 0.5) is 0 Å². The molecule has 1 aromatic heterocycles. The molecule has 1 heterocycles. The molecule has 3 aromatic rings. The van der Waals surface area contributed by atoms with Crippen molar-refractivity contribution in [2.24, 2.45) is 7.05 Å². The molecule has 0 aliphatic heterocycles. The van der Waals surface area contributed by atoms with Crippen LogP contribution in [0.25, 0.3) is 10.8 Å². The van der Waals surface area contributed by atoms with Crippen LogP contribution < -0.4 is 5.32 Å². The van der Waals surface area contributed by atoms with E-state index in [1.165, 1.54) is 16.3 Å². The van der Waals surface area contributed by atoms with E-state index in [2.05, 4.69) is 53.7 Å². The highest BCUT2D eigenvalue weighted by molar-refractivity contribution is 5.83. The van der Waals surface area contributed by atoms with Gasteiger partial charge in [-0.25, -0.2) is 0 Å². The standard InChI is InChI=1S/C21H25N3O/c1-14(11-17-9-10-18-7-5-6-8-19(18)12-17)22-21(25)13-20-15(2)23-24(4)16(20)3/h5-10,12,14H,11,13H2,1-4H3,(H,22,25)/t14-/m0/s1. The summed E-state index contributed by atoms with van der Waals surface area (Å²) >= 11 is 0. The molecule has 0 saturated heterocycles. The molecule has 1 atom stereocenters. The SMILES string of the molecule is Cc1nn(C)c(C)c1CC(=O)N[C@@H](C)Cc1ccc2ccccc2c1. The third-order valence-electron chi connectivity index (χ3n) is 4.76. The summed E-state index contributed by atoms with van der Waals surface area (Å²) in [6, 6.07) is 14.9. The number of hydrogen-bond donors (Lipinski definition) is 1. The maximum atomic E-state index is 12.4. The third kappa shape index (κ3) is 3.90. The predicted octanol–water partition coefficient (Wildman–Crippen LogP) is 3.48. The molecular weight excluding hydrogens is 310 g/mol. The number of aromatic nitrogens is 2. The number of amides is 1. The van der Waals surface area contributed by atoms with Crippen LogP contribution in [0.3, 0.4) is 0 Å². The molecule has 1 amide bonds. The second-order valence-corrected chi connectivity index (χ2v) is 6.80. The number of carbonyl (C=O) groups excluding carboxylic acids is 1. The van der Waals surface area contributed by atoms with Crippen molar-refractivity contribution in [3.63, 3.8) is 0 Å². The van der Waals surface area contributed by atoms with E-state index in [9.17, 15) is 4.79 Å². The Morgan fingerprint density at radius 3 is 2.56 bits per heavy atom. The van der Waals surface area contributed by atoms with E-state index in [-0.39, 0.29) is 11.9 Å². The van der Waals surface area contributed by atoms with E-state index >= 15 is 0 Å². The number of carbonyl (C=O) groups is 1. The number of hydrogen-bond acceptors (Lipinski definition) is 2. The van der Waals surface area contributed by atoms with Gasteiger partial charge in [-0.1, -0.05) is 42.5 Å². The van der Waals surface area contributed by atoms with Crippen LogP contribution >= 0.6 is 0 Å². The first kappa shape index (κ1) is 17.2. The van der Waals surface area contributed by atoms with Gasteiger partial charge < -0.3 is 5.32 Å². The summed E-state index contributed by atoms with van der Waals surface area (Å²) < 4.78 is 1.83. The van der Waals surface area contributed by atoms with E-state index in [4.69, 9.17) is 0 Å².